The highest BCUT2D eigenvalue weighted by atomic mass is 32.1. The number of H-pyrrole nitrogens is 1. The molecule has 0 saturated heterocycles. The first-order valence-electron chi connectivity index (χ1n) is 11.7. The van der Waals surface area contributed by atoms with E-state index in [9.17, 15) is 34.2 Å². The number of nitrogens with two attached hydrogens (primary N) is 2. The third-order valence-electron chi connectivity index (χ3n) is 5.86. The van der Waals surface area contributed by atoms with E-state index in [4.69, 9.17) is 11.5 Å². The van der Waals surface area contributed by atoms with Crippen molar-refractivity contribution in [1.29, 1.82) is 0 Å². The Bertz CT molecular complexity index is 1190. The number of aromatic amines is 1. The molecule has 0 radical (unpaired) electrons. The molecule has 0 saturated carbocycles. The molecule has 0 fully saturated rings. The Morgan fingerprint density at radius 2 is 1.63 bits per heavy atom. The zero-order chi connectivity index (χ0) is 28.8. The summed E-state index contributed by atoms with van der Waals surface area (Å²) >= 11 is 4.23. The van der Waals surface area contributed by atoms with Gasteiger partial charge in [0.15, 0.2) is 0 Å². The number of nitrogens with one attached hydrogen (secondary N) is 4. The summed E-state index contributed by atoms with van der Waals surface area (Å²) in [6, 6.07) is 1.54. The number of carbonyl (C=O) groups is 5. The number of carboxylic acid groups (broad SMARTS) is 1. The van der Waals surface area contributed by atoms with E-state index in [1.165, 1.54) is 6.92 Å². The summed E-state index contributed by atoms with van der Waals surface area (Å²) in [7, 11) is 0. The molecule has 208 valence electrons. The zero-order valence-electron chi connectivity index (χ0n) is 21.2. The molecule has 1 aromatic heterocycles. The summed E-state index contributed by atoms with van der Waals surface area (Å²) in [5.41, 5.74) is 12.5. The van der Waals surface area contributed by atoms with Gasteiger partial charge in [-0.25, -0.2) is 4.79 Å². The standard InChI is InChI=1S/C24H34N6O7S/c1-11(31)18(30-20(33)15(9-17(25)32)28-22(35)19(26)24(2,3)38)21(34)29-16(23(36)37)8-12-10-27-14-7-5-4-6-13(12)14/h4-7,10-11,15-16,18-19,27,31,38H,8-9,26H2,1-3H3,(H2,25,32)(H,28,35)(H,29,34)(H,30,33)(H,36,37)/t11-,15+,16+,18+,19-/m1/s1. The van der Waals surface area contributed by atoms with Crippen molar-refractivity contribution in [2.24, 2.45) is 11.5 Å². The largest absolute Gasteiger partial charge is 0.480 e. The van der Waals surface area contributed by atoms with Gasteiger partial charge in [-0.05, 0) is 32.4 Å². The van der Waals surface area contributed by atoms with Crippen LogP contribution in [0.5, 0.6) is 0 Å². The Morgan fingerprint density at radius 3 is 2.18 bits per heavy atom. The molecule has 13 nitrogen and oxygen atoms in total. The normalized spacial score (nSPS) is 15.5. The van der Waals surface area contributed by atoms with Gasteiger partial charge in [-0.2, -0.15) is 12.6 Å². The monoisotopic (exact) mass is 550 g/mol. The zero-order valence-corrected chi connectivity index (χ0v) is 22.1. The van der Waals surface area contributed by atoms with E-state index in [0.29, 0.717) is 5.56 Å². The van der Waals surface area contributed by atoms with Gasteiger partial charge in [-0.15, -0.1) is 0 Å². The molecule has 1 aromatic carbocycles. The molecule has 38 heavy (non-hydrogen) atoms. The lowest BCUT2D eigenvalue weighted by Gasteiger charge is -2.28. The van der Waals surface area contributed by atoms with Gasteiger partial charge in [-0.3, -0.25) is 19.2 Å². The Balaban J connectivity index is 2.18. The first kappa shape index (κ1) is 30.6. The molecule has 10 N–H and O–H groups in total. The molecule has 0 aliphatic heterocycles. The predicted molar refractivity (Wildman–Crippen MR) is 142 cm³/mol. The third kappa shape index (κ3) is 8.19. The van der Waals surface area contributed by atoms with Crippen molar-refractivity contribution in [1.82, 2.24) is 20.9 Å². The van der Waals surface area contributed by atoms with Crippen LogP contribution < -0.4 is 27.4 Å². The molecule has 0 spiro atoms. The average molecular weight is 551 g/mol. The molecule has 0 unspecified atom stereocenters. The van der Waals surface area contributed by atoms with Gasteiger partial charge < -0.3 is 42.6 Å². The topological polar surface area (TPSA) is 230 Å². The number of rotatable bonds is 13. The van der Waals surface area contributed by atoms with E-state index in [2.05, 4.69) is 33.6 Å². The van der Waals surface area contributed by atoms with E-state index >= 15 is 0 Å². The summed E-state index contributed by atoms with van der Waals surface area (Å²) < 4.78 is -0.962. The number of thiol groups is 1. The van der Waals surface area contributed by atoms with Crippen LogP contribution >= 0.6 is 12.6 Å². The average Bonchev–Trinajstić information content (AvgIpc) is 3.22. The number of benzene rings is 1. The van der Waals surface area contributed by atoms with Crippen molar-refractivity contribution in [2.45, 2.75) is 68.6 Å². The number of aliphatic hydroxyl groups is 1. The van der Waals surface area contributed by atoms with Crippen molar-refractivity contribution in [2.75, 3.05) is 0 Å². The van der Waals surface area contributed by atoms with Crippen molar-refractivity contribution >= 4 is 53.1 Å². The smallest absolute Gasteiger partial charge is 0.326 e. The number of carbonyl (C=O) groups excluding carboxylic acids is 4. The van der Waals surface area contributed by atoms with Crippen LogP contribution in [-0.2, 0) is 30.4 Å². The first-order valence-corrected chi connectivity index (χ1v) is 12.2. The first-order chi connectivity index (χ1) is 17.6. The predicted octanol–water partition coefficient (Wildman–Crippen LogP) is -1.46. The second-order valence-electron chi connectivity index (χ2n) is 9.55. The second-order valence-corrected chi connectivity index (χ2v) is 10.7. The maximum absolute atomic E-state index is 13.0. The van der Waals surface area contributed by atoms with Crippen molar-refractivity contribution in [3.8, 4) is 0 Å². The number of aliphatic hydroxyl groups excluding tert-OH is 1. The van der Waals surface area contributed by atoms with Crippen LogP contribution in [0.1, 0.15) is 32.8 Å². The van der Waals surface area contributed by atoms with E-state index in [1.54, 1.807) is 32.2 Å². The highest BCUT2D eigenvalue weighted by Crippen LogP contribution is 2.19. The minimum absolute atomic E-state index is 0.0800. The SMILES string of the molecule is C[C@@H](O)[C@H](NC(=O)[C@H](CC(N)=O)NC(=O)[C@@H](N)C(C)(C)S)C(=O)N[C@@H](Cc1c[nH]c2ccccc12)C(=O)O. The number of aromatic nitrogens is 1. The summed E-state index contributed by atoms with van der Waals surface area (Å²) in [4.78, 5) is 64.9. The molecule has 2 rings (SSSR count). The molecule has 0 bridgehead atoms. The highest BCUT2D eigenvalue weighted by Gasteiger charge is 2.35. The summed E-state index contributed by atoms with van der Waals surface area (Å²) in [6.45, 7) is 4.36. The molecule has 0 aliphatic rings. The molecule has 14 heteroatoms. The number of aliphatic carboxylic acids is 1. The summed E-state index contributed by atoms with van der Waals surface area (Å²) in [5, 5.41) is 27.6. The highest BCUT2D eigenvalue weighted by molar-refractivity contribution is 7.81. The van der Waals surface area contributed by atoms with Crippen LogP contribution in [0.2, 0.25) is 0 Å². The molecular formula is C24H34N6O7S. The maximum Gasteiger partial charge on any atom is 0.326 e. The van der Waals surface area contributed by atoms with E-state index in [1.807, 2.05) is 12.1 Å². The quantitative estimate of drug-likeness (QED) is 0.133. The van der Waals surface area contributed by atoms with E-state index in [0.717, 1.165) is 10.9 Å². The summed E-state index contributed by atoms with van der Waals surface area (Å²) in [5.74, 6) is -5.05. The second kappa shape index (κ2) is 12.8. The maximum atomic E-state index is 13.0. The van der Waals surface area contributed by atoms with Crippen LogP contribution in [-0.4, -0.2) is 79.8 Å². The van der Waals surface area contributed by atoms with Gasteiger partial charge in [-0.1, -0.05) is 18.2 Å². The van der Waals surface area contributed by atoms with Gasteiger partial charge in [0.25, 0.3) is 0 Å². The van der Waals surface area contributed by atoms with Gasteiger partial charge in [0, 0.05) is 28.3 Å². The third-order valence-corrected chi connectivity index (χ3v) is 6.14. The number of amides is 4. The fourth-order valence-corrected chi connectivity index (χ4v) is 3.75. The Hall–Kier alpha value is -3.62. The van der Waals surface area contributed by atoms with Crippen LogP contribution in [0.15, 0.2) is 30.5 Å². The molecule has 4 amide bonds. The Labute approximate surface area is 224 Å². The van der Waals surface area contributed by atoms with Crippen LogP contribution in [0.3, 0.4) is 0 Å². The molecule has 0 aliphatic carbocycles. The number of para-hydroxylation sites is 1. The minimum atomic E-state index is -1.62. The van der Waals surface area contributed by atoms with Crippen molar-refractivity contribution in [3.63, 3.8) is 0 Å². The molecule has 2 aromatic rings. The van der Waals surface area contributed by atoms with Crippen molar-refractivity contribution < 1.29 is 34.2 Å². The van der Waals surface area contributed by atoms with Crippen molar-refractivity contribution in [3.05, 3.63) is 36.0 Å². The lowest BCUT2D eigenvalue weighted by atomic mass is 10.0. The van der Waals surface area contributed by atoms with Gasteiger partial charge >= 0.3 is 5.97 Å². The lowest BCUT2D eigenvalue weighted by Crippen LogP contribution is -2.61. The van der Waals surface area contributed by atoms with E-state index < -0.39 is 71.0 Å². The number of hydrogen-bond acceptors (Lipinski definition) is 8. The van der Waals surface area contributed by atoms with Gasteiger partial charge in [0.2, 0.25) is 23.6 Å². The Kier molecular flexibility index (Phi) is 10.3. The van der Waals surface area contributed by atoms with E-state index in [-0.39, 0.29) is 6.42 Å². The van der Waals surface area contributed by atoms with Crippen LogP contribution in [0.25, 0.3) is 10.9 Å². The lowest BCUT2D eigenvalue weighted by molar-refractivity contribution is -0.143. The minimum Gasteiger partial charge on any atom is -0.480 e. The fourth-order valence-electron chi connectivity index (χ4n) is 3.63. The number of hydrogen-bond donors (Lipinski definition) is 9. The number of primary amides is 1. The van der Waals surface area contributed by atoms with Gasteiger partial charge in [0.05, 0.1) is 18.6 Å². The molecular weight excluding hydrogens is 516 g/mol. The molecule has 5 atom stereocenters. The number of fused-ring (bicyclic) bond motifs is 1. The summed E-state index contributed by atoms with van der Waals surface area (Å²) in [6.07, 6.45) is -0.535. The van der Waals surface area contributed by atoms with Crippen LogP contribution in [0, 0.1) is 0 Å². The fraction of sp³-hybridized carbons (Fsp3) is 0.458. The van der Waals surface area contributed by atoms with Crippen LogP contribution in [0.4, 0.5) is 0 Å². The van der Waals surface area contributed by atoms with Gasteiger partial charge in [0.1, 0.15) is 18.1 Å². The molecule has 1 heterocycles. The Morgan fingerprint density at radius 1 is 1.03 bits per heavy atom. The number of carboxylic acids is 1.